The van der Waals surface area contributed by atoms with Crippen LogP contribution >= 0.6 is 11.6 Å². The Bertz CT molecular complexity index is 1570. The lowest BCUT2D eigenvalue weighted by molar-refractivity contribution is 0.0528. The highest BCUT2D eigenvalue weighted by Gasteiger charge is 2.27. The highest BCUT2D eigenvalue weighted by atomic mass is 35.5. The van der Waals surface area contributed by atoms with Crippen LogP contribution in [0.5, 0.6) is 6.01 Å². The van der Waals surface area contributed by atoms with Crippen molar-refractivity contribution < 1.29 is 14.6 Å². The Morgan fingerprint density at radius 3 is 2.47 bits per heavy atom. The van der Waals surface area contributed by atoms with E-state index in [1.54, 1.807) is 4.68 Å². The fraction of sp³-hybridized carbons (Fsp3) is 0.192. The van der Waals surface area contributed by atoms with Gasteiger partial charge >= 0.3 is 5.69 Å². The lowest BCUT2D eigenvalue weighted by Crippen LogP contribution is -2.17. The Morgan fingerprint density at radius 1 is 1.08 bits per heavy atom. The minimum atomic E-state index is -0.385. The molecule has 0 radical (unpaired) electrons. The van der Waals surface area contributed by atoms with Crippen molar-refractivity contribution in [3.8, 4) is 34.0 Å². The van der Waals surface area contributed by atoms with E-state index in [2.05, 4.69) is 20.1 Å². The van der Waals surface area contributed by atoms with Crippen LogP contribution in [0.4, 0.5) is 0 Å². The topological polar surface area (TPSA) is 118 Å². The summed E-state index contributed by atoms with van der Waals surface area (Å²) in [6.45, 7) is 0.406. The summed E-state index contributed by atoms with van der Waals surface area (Å²) < 4.78 is 13.0. The summed E-state index contributed by atoms with van der Waals surface area (Å²) >= 11 is 6.62. The van der Waals surface area contributed by atoms with Crippen LogP contribution in [0, 0.1) is 0 Å². The number of hydrogen-bond acceptors (Lipinski definition) is 6. The average molecular weight is 504 g/mol. The molecule has 1 fully saturated rings. The first-order valence-corrected chi connectivity index (χ1v) is 11.9. The molecule has 10 heteroatoms. The molecule has 3 N–H and O–H groups in total. The minimum absolute atomic E-state index is 0.0172. The molecular formula is C26H22ClN5O4. The predicted molar refractivity (Wildman–Crippen MR) is 136 cm³/mol. The van der Waals surface area contributed by atoms with Crippen LogP contribution in [0.3, 0.4) is 0 Å². The number of H-pyrrole nitrogens is 2. The molecule has 0 spiro atoms. The zero-order valence-corrected chi connectivity index (χ0v) is 19.8. The van der Waals surface area contributed by atoms with Gasteiger partial charge in [-0.15, -0.1) is 0 Å². The summed E-state index contributed by atoms with van der Waals surface area (Å²) in [5.74, 6) is 0. The predicted octanol–water partition coefficient (Wildman–Crippen LogP) is 3.95. The molecule has 1 unspecified atom stereocenters. The van der Waals surface area contributed by atoms with E-state index in [4.69, 9.17) is 21.1 Å². The number of imidazole rings is 1. The first-order valence-electron chi connectivity index (χ1n) is 11.5. The molecule has 6 rings (SSSR count). The van der Waals surface area contributed by atoms with Crippen molar-refractivity contribution >= 4 is 22.6 Å². The van der Waals surface area contributed by atoms with E-state index >= 15 is 0 Å². The summed E-state index contributed by atoms with van der Waals surface area (Å²) in [7, 11) is 0. The van der Waals surface area contributed by atoms with E-state index in [1.165, 1.54) is 6.33 Å². The quantitative estimate of drug-likeness (QED) is 0.323. The van der Waals surface area contributed by atoms with E-state index in [9.17, 15) is 9.90 Å². The van der Waals surface area contributed by atoms with Gasteiger partial charge in [-0.25, -0.2) is 14.6 Å². The Hall–Kier alpha value is -3.92. The molecular weight excluding hydrogens is 482 g/mol. The number of ether oxygens (including phenoxy) is 2. The molecule has 3 heterocycles. The Labute approximate surface area is 210 Å². The van der Waals surface area contributed by atoms with Gasteiger partial charge in [0, 0.05) is 12.0 Å². The Morgan fingerprint density at radius 2 is 1.81 bits per heavy atom. The SMILES string of the molecule is O=c1ncn(-c2ccc(-c3ccc(-c4cc5nc(OC6CO[C@H](CO)C6)[nH]c5cc4Cl)cc3)cc2)[nH]1. The second-order valence-electron chi connectivity index (χ2n) is 8.66. The van der Waals surface area contributed by atoms with Gasteiger partial charge < -0.3 is 19.6 Å². The number of nitrogens with one attached hydrogen (secondary N) is 2. The van der Waals surface area contributed by atoms with Crippen molar-refractivity contribution in [1.82, 2.24) is 24.7 Å². The third-order valence-electron chi connectivity index (χ3n) is 6.26. The highest BCUT2D eigenvalue weighted by molar-refractivity contribution is 6.34. The fourth-order valence-corrected chi connectivity index (χ4v) is 4.66. The number of halogens is 1. The van der Waals surface area contributed by atoms with Crippen molar-refractivity contribution in [2.75, 3.05) is 13.2 Å². The van der Waals surface area contributed by atoms with Crippen LogP contribution in [0.2, 0.25) is 5.02 Å². The summed E-state index contributed by atoms with van der Waals surface area (Å²) in [5.41, 5.74) is 5.91. The van der Waals surface area contributed by atoms with Crippen molar-refractivity contribution in [3.05, 3.63) is 82.5 Å². The van der Waals surface area contributed by atoms with Gasteiger partial charge in [0.25, 0.3) is 6.01 Å². The number of aromatic nitrogens is 5. The van der Waals surface area contributed by atoms with Crippen molar-refractivity contribution in [2.24, 2.45) is 0 Å². The summed E-state index contributed by atoms with van der Waals surface area (Å²) in [6, 6.07) is 20.2. The van der Waals surface area contributed by atoms with Crippen LogP contribution in [0.25, 0.3) is 39.0 Å². The van der Waals surface area contributed by atoms with Gasteiger partial charge in [0.05, 0.1) is 41.1 Å². The second-order valence-corrected chi connectivity index (χ2v) is 9.07. The highest BCUT2D eigenvalue weighted by Crippen LogP contribution is 2.34. The standard InChI is InChI=1S/C26H22ClN5O4/c27-22-11-24-23(29-26(30-24)36-20-9-19(12-33)35-13-20)10-21(22)17-3-1-15(2-4-17)16-5-7-18(8-6-16)32-14-28-25(34)31-32/h1-8,10-11,14,19-20,33H,9,12-13H2,(H,29,30)(H,31,34)/t19-,20?/m0/s1. The minimum Gasteiger partial charge on any atom is -0.459 e. The van der Waals surface area contributed by atoms with Crippen molar-refractivity contribution in [3.63, 3.8) is 0 Å². The summed E-state index contributed by atoms with van der Waals surface area (Å²) in [4.78, 5) is 22.7. The largest absolute Gasteiger partial charge is 0.459 e. The van der Waals surface area contributed by atoms with E-state index in [0.29, 0.717) is 24.1 Å². The van der Waals surface area contributed by atoms with E-state index < -0.39 is 0 Å². The number of nitrogens with zero attached hydrogens (tertiary/aromatic N) is 3. The third kappa shape index (κ3) is 4.39. The van der Waals surface area contributed by atoms with Gasteiger partial charge in [0.2, 0.25) is 0 Å². The smallest absolute Gasteiger partial charge is 0.361 e. The van der Waals surface area contributed by atoms with Crippen molar-refractivity contribution in [2.45, 2.75) is 18.6 Å². The van der Waals surface area contributed by atoms with Gasteiger partial charge in [0.15, 0.2) is 0 Å². The molecule has 0 saturated carbocycles. The van der Waals surface area contributed by atoms with Gasteiger partial charge in [-0.3, -0.25) is 0 Å². The lowest BCUT2D eigenvalue weighted by atomic mass is 10.00. The molecule has 1 saturated heterocycles. The first kappa shape index (κ1) is 22.5. The zero-order valence-electron chi connectivity index (χ0n) is 19.0. The Kier molecular flexibility index (Phi) is 5.80. The molecule has 0 bridgehead atoms. The molecule has 0 amide bonds. The molecule has 182 valence electrons. The number of aliphatic hydroxyl groups excluding tert-OH is 1. The number of hydrogen-bond donors (Lipinski definition) is 3. The first-order chi connectivity index (χ1) is 17.6. The molecule has 0 aliphatic carbocycles. The van der Waals surface area contributed by atoms with Gasteiger partial charge in [-0.1, -0.05) is 48.0 Å². The van der Waals surface area contributed by atoms with E-state index in [-0.39, 0.29) is 24.5 Å². The summed E-state index contributed by atoms with van der Waals surface area (Å²) in [6.07, 6.45) is 1.74. The number of aliphatic hydroxyl groups is 1. The monoisotopic (exact) mass is 503 g/mol. The van der Waals surface area contributed by atoms with Crippen LogP contribution < -0.4 is 10.4 Å². The number of fused-ring (bicyclic) bond motifs is 1. The fourth-order valence-electron chi connectivity index (χ4n) is 4.38. The maximum atomic E-state index is 11.3. The normalized spacial score (nSPS) is 17.6. The van der Waals surface area contributed by atoms with Crippen molar-refractivity contribution in [1.29, 1.82) is 0 Å². The molecule has 36 heavy (non-hydrogen) atoms. The third-order valence-corrected chi connectivity index (χ3v) is 6.57. The van der Waals surface area contributed by atoms with Crippen LogP contribution in [0.15, 0.2) is 71.8 Å². The van der Waals surface area contributed by atoms with Crippen LogP contribution in [-0.4, -0.2) is 55.3 Å². The molecule has 3 aromatic carbocycles. The summed E-state index contributed by atoms with van der Waals surface area (Å²) in [5, 5.41) is 12.5. The number of benzene rings is 3. The second kappa shape index (κ2) is 9.27. The van der Waals surface area contributed by atoms with E-state index in [0.717, 1.165) is 39.0 Å². The van der Waals surface area contributed by atoms with Gasteiger partial charge in [0.1, 0.15) is 12.4 Å². The van der Waals surface area contributed by atoms with E-state index in [1.807, 2.05) is 60.7 Å². The zero-order chi connectivity index (χ0) is 24.6. The molecule has 2 aromatic heterocycles. The lowest BCUT2D eigenvalue weighted by Gasteiger charge is -2.08. The van der Waals surface area contributed by atoms with Crippen LogP contribution in [-0.2, 0) is 4.74 Å². The molecule has 5 aromatic rings. The number of rotatable bonds is 6. The van der Waals surface area contributed by atoms with Gasteiger partial charge in [-0.2, -0.15) is 9.97 Å². The average Bonchev–Trinajstić information content (AvgIpc) is 3.63. The molecule has 9 nitrogen and oxygen atoms in total. The molecule has 1 aliphatic heterocycles. The molecule has 2 atom stereocenters. The van der Waals surface area contributed by atoms with Gasteiger partial charge in [-0.05, 0) is 41.0 Å². The maximum absolute atomic E-state index is 11.3. The Balaban J connectivity index is 1.22. The molecule has 1 aliphatic rings. The number of aromatic amines is 2. The van der Waals surface area contributed by atoms with Crippen LogP contribution in [0.1, 0.15) is 6.42 Å². The maximum Gasteiger partial charge on any atom is 0.361 e.